The van der Waals surface area contributed by atoms with Gasteiger partial charge in [-0.1, -0.05) is 121 Å². The van der Waals surface area contributed by atoms with E-state index in [-0.39, 0.29) is 0 Å². The molecule has 208 valence electrons. The van der Waals surface area contributed by atoms with E-state index >= 15 is 0 Å². The minimum absolute atomic E-state index is 1.00. The number of rotatable bonds is 5. The third-order valence-electron chi connectivity index (χ3n) is 8.86. The minimum Gasteiger partial charge on any atom is -0.313 e. The maximum atomic E-state index is 7.90. The second kappa shape index (κ2) is 10.5. The standard InChI is InChI=1S/C42H30N2/c1-28(44-41-16-8-6-14-38(41)39-15-7-9-17-42(39)44)26-32(24-25-43)30-20-18-29(19-21-30)31-22-23-37-35-12-3-2-10-33(35)34-11-4-5-13-36(34)40(37)27-31/h2-27,43H,1H3/b28-26+,32-24+,43-25?. The maximum Gasteiger partial charge on any atom is 0.0537 e. The van der Waals surface area contributed by atoms with Crippen molar-refractivity contribution in [2.45, 2.75) is 6.92 Å². The summed E-state index contributed by atoms with van der Waals surface area (Å²) in [6.45, 7) is 2.15. The molecular weight excluding hydrogens is 532 g/mol. The number of allylic oxidation sites excluding steroid dienone is 4. The molecule has 0 saturated heterocycles. The second-order valence-corrected chi connectivity index (χ2v) is 11.4. The van der Waals surface area contributed by atoms with Crippen LogP contribution >= 0.6 is 0 Å². The van der Waals surface area contributed by atoms with Crippen molar-refractivity contribution in [2.75, 3.05) is 0 Å². The van der Waals surface area contributed by atoms with Gasteiger partial charge in [-0.2, -0.15) is 0 Å². The van der Waals surface area contributed by atoms with E-state index < -0.39 is 0 Å². The number of hydrogen-bond donors (Lipinski definition) is 1. The highest BCUT2D eigenvalue weighted by atomic mass is 15.0. The number of para-hydroxylation sites is 2. The van der Waals surface area contributed by atoms with Crippen molar-refractivity contribution >= 4 is 71.6 Å². The summed E-state index contributed by atoms with van der Waals surface area (Å²) >= 11 is 0. The van der Waals surface area contributed by atoms with Crippen LogP contribution in [0.3, 0.4) is 0 Å². The van der Waals surface area contributed by atoms with Crippen LogP contribution in [0.4, 0.5) is 0 Å². The van der Waals surface area contributed by atoms with Crippen LogP contribution in [0.5, 0.6) is 0 Å². The van der Waals surface area contributed by atoms with E-state index in [9.17, 15) is 0 Å². The van der Waals surface area contributed by atoms with E-state index in [4.69, 9.17) is 5.41 Å². The van der Waals surface area contributed by atoms with Gasteiger partial charge >= 0.3 is 0 Å². The summed E-state index contributed by atoms with van der Waals surface area (Å²) in [7, 11) is 0. The highest BCUT2D eigenvalue weighted by Crippen LogP contribution is 2.37. The minimum atomic E-state index is 1.00. The maximum absolute atomic E-state index is 7.90. The SMILES string of the molecule is C/C(=C\C(=C/C=N)c1ccc(-c2ccc3c4ccccc4c4ccccc4c3c2)cc1)n1c2ccccc2c2ccccc21. The molecule has 7 aromatic carbocycles. The Morgan fingerprint density at radius 1 is 0.500 bits per heavy atom. The van der Waals surface area contributed by atoms with Crippen LogP contribution in [0, 0.1) is 5.41 Å². The summed E-state index contributed by atoms with van der Waals surface area (Å²) in [4.78, 5) is 0. The predicted octanol–water partition coefficient (Wildman–Crippen LogP) is 11.5. The van der Waals surface area contributed by atoms with Gasteiger partial charge in [0.05, 0.1) is 11.0 Å². The quantitative estimate of drug-likeness (QED) is 0.123. The molecule has 1 heterocycles. The Labute approximate surface area is 256 Å². The zero-order valence-corrected chi connectivity index (χ0v) is 24.5. The summed E-state index contributed by atoms with van der Waals surface area (Å²) in [6, 6.07) is 50.1. The monoisotopic (exact) mass is 562 g/mol. The molecule has 0 saturated carbocycles. The third-order valence-corrected chi connectivity index (χ3v) is 8.86. The molecule has 8 aromatic rings. The van der Waals surface area contributed by atoms with Crippen LogP contribution in [0.1, 0.15) is 12.5 Å². The first kappa shape index (κ1) is 25.9. The fourth-order valence-corrected chi connectivity index (χ4v) is 6.85. The number of hydrogen-bond acceptors (Lipinski definition) is 1. The first-order valence-corrected chi connectivity index (χ1v) is 15.0. The van der Waals surface area contributed by atoms with Crippen LogP contribution in [0.15, 0.2) is 152 Å². The number of fused-ring (bicyclic) bond motifs is 9. The zero-order valence-electron chi connectivity index (χ0n) is 24.5. The van der Waals surface area contributed by atoms with Crippen molar-refractivity contribution in [3.63, 3.8) is 0 Å². The van der Waals surface area contributed by atoms with Crippen LogP contribution in [-0.2, 0) is 0 Å². The molecule has 0 unspecified atom stereocenters. The fourth-order valence-electron chi connectivity index (χ4n) is 6.85. The van der Waals surface area contributed by atoms with E-state index in [1.54, 1.807) is 0 Å². The van der Waals surface area contributed by atoms with Crippen molar-refractivity contribution in [2.24, 2.45) is 0 Å². The lowest BCUT2D eigenvalue weighted by Gasteiger charge is -2.13. The molecule has 1 aromatic heterocycles. The van der Waals surface area contributed by atoms with Crippen LogP contribution in [0.2, 0.25) is 0 Å². The first-order chi connectivity index (χ1) is 21.7. The van der Waals surface area contributed by atoms with Gasteiger partial charge in [-0.3, -0.25) is 0 Å². The summed E-state index contributed by atoms with van der Waals surface area (Å²) in [5.41, 5.74) is 7.92. The number of nitrogens with zero attached hydrogens (tertiary/aromatic N) is 1. The number of nitrogens with one attached hydrogen (secondary N) is 1. The van der Waals surface area contributed by atoms with Gasteiger partial charge in [-0.05, 0) is 91.9 Å². The molecule has 44 heavy (non-hydrogen) atoms. The Morgan fingerprint density at radius 2 is 0.955 bits per heavy atom. The molecule has 0 aliphatic heterocycles. The van der Waals surface area contributed by atoms with Gasteiger partial charge in [0.15, 0.2) is 0 Å². The second-order valence-electron chi connectivity index (χ2n) is 11.4. The van der Waals surface area contributed by atoms with Gasteiger partial charge in [0, 0.05) is 22.7 Å². The Morgan fingerprint density at radius 3 is 1.50 bits per heavy atom. The molecular formula is C42H30N2. The first-order valence-electron chi connectivity index (χ1n) is 15.0. The van der Waals surface area contributed by atoms with Crippen molar-refractivity contribution in [3.05, 3.63) is 157 Å². The van der Waals surface area contributed by atoms with E-state index in [2.05, 4.69) is 157 Å². The Kier molecular flexibility index (Phi) is 6.20. The molecule has 0 bridgehead atoms. The molecule has 1 N–H and O–H groups in total. The lowest BCUT2D eigenvalue weighted by Crippen LogP contribution is -1.94. The van der Waals surface area contributed by atoms with Gasteiger partial charge in [0.1, 0.15) is 0 Å². The predicted molar refractivity (Wildman–Crippen MR) is 191 cm³/mol. The van der Waals surface area contributed by atoms with E-state index in [1.165, 1.54) is 71.5 Å². The van der Waals surface area contributed by atoms with E-state index in [0.717, 1.165) is 16.8 Å². The average Bonchev–Trinajstić information content (AvgIpc) is 3.43. The highest BCUT2D eigenvalue weighted by molar-refractivity contribution is 6.25. The smallest absolute Gasteiger partial charge is 0.0537 e. The summed E-state index contributed by atoms with van der Waals surface area (Å²) in [5, 5.41) is 18.1. The topological polar surface area (TPSA) is 28.8 Å². The van der Waals surface area contributed by atoms with Gasteiger partial charge < -0.3 is 9.98 Å². The van der Waals surface area contributed by atoms with Crippen LogP contribution in [-0.4, -0.2) is 10.8 Å². The normalized spacial score (nSPS) is 12.6. The van der Waals surface area contributed by atoms with Gasteiger partial charge in [-0.25, -0.2) is 0 Å². The molecule has 0 fully saturated rings. The highest BCUT2D eigenvalue weighted by Gasteiger charge is 2.13. The van der Waals surface area contributed by atoms with E-state index in [1.807, 2.05) is 6.08 Å². The van der Waals surface area contributed by atoms with Crippen LogP contribution < -0.4 is 0 Å². The molecule has 0 aliphatic carbocycles. The summed E-state index contributed by atoms with van der Waals surface area (Å²) in [6.07, 6.45) is 5.43. The summed E-state index contributed by atoms with van der Waals surface area (Å²) < 4.78 is 2.32. The number of benzene rings is 7. The van der Waals surface area contributed by atoms with Gasteiger partial charge in [-0.15, -0.1) is 0 Å². The van der Waals surface area contributed by atoms with Gasteiger partial charge in [0.2, 0.25) is 0 Å². The average molecular weight is 563 g/mol. The van der Waals surface area contributed by atoms with Crippen molar-refractivity contribution in [1.29, 1.82) is 5.41 Å². The third kappa shape index (κ3) is 4.15. The lowest BCUT2D eigenvalue weighted by atomic mass is 9.91. The van der Waals surface area contributed by atoms with Crippen molar-refractivity contribution in [1.82, 2.24) is 4.57 Å². The van der Waals surface area contributed by atoms with E-state index in [0.29, 0.717) is 0 Å². The zero-order chi connectivity index (χ0) is 29.6. The molecule has 0 spiro atoms. The molecule has 2 nitrogen and oxygen atoms in total. The molecule has 0 radical (unpaired) electrons. The molecule has 0 atom stereocenters. The van der Waals surface area contributed by atoms with Crippen LogP contribution in [0.25, 0.3) is 76.5 Å². The molecule has 8 rings (SSSR count). The Balaban J connectivity index is 1.20. The number of aromatic nitrogens is 1. The molecule has 0 aliphatic rings. The van der Waals surface area contributed by atoms with Crippen molar-refractivity contribution < 1.29 is 0 Å². The lowest BCUT2D eigenvalue weighted by molar-refractivity contribution is 1.20. The van der Waals surface area contributed by atoms with Crippen molar-refractivity contribution in [3.8, 4) is 11.1 Å². The largest absolute Gasteiger partial charge is 0.313 e. The molecule has 2 heteroatoms. The Hall–Kier alpha value is -5.73. The summed E-state index contributed by atoms with van der Waals surface area (Å²) in [5.74, 6) is 0. The Bertz CT molecular complexity index is 2370. The fraction of sp³-hybridized carbons (Fsp3) is 0.0238. The molecule has 0 amide bonds. The van der Waals surface area contributed by atoms with Gasteiger partial charge in [0.25, 0.3) is 0 Å².